The first-order valence-corrected chi connectivity index (χ1v) is 38.8. The van der Waals surface area contributed by atoms with Crippen LogP contribution in [0.1, 0.15) is 0 Å². The van der Waals surface area contributed by atoms with Gasteiger partial charge in [0.1, 0.15) is 0 Å². The second-order valence-electron chi connectivity index (χ2n) is 12.1. The van der Waals surface area contributed by atoms with Crippen LogP contribution in [0, 0.1) is 0 Å². The minimum atomic E-state index is -5.45. The van der Waals surface area contributed by atoms with Crippen molar-refractivity contribution in [3.05, 3.63) is 0 Å². The molecule has 0 fully saturated rings. The molecule has 37 heavy (non-hydrogen) atoms. The maximum absolute atomic E-state index is 12.3. The molecule has 0 saturated carbocycles. The average molecular weight is 750 g/mol. The van der Waals surface area contributed by atoms with Gasteiger partial charge in [0, 0.05) is 0 Å². The summed E-state index contributed by atoms with van der Waals surface area (Å²) in [6.07, 6.45) is 0. The van der Waals surface area contributed by atoms with Crippen molar-refractivity contribution in [3.63, 3.8) is 0 Å². The number of alkyl halides is 6. The van der Waals surface area contributed by atoms with Gasteiger partial charge in [0.2, 0.25) is 16.2 Å². The Hall–Kier alpha value is 1.24. The van der Waals surface area contributed by atoms with Crippen LogP contribution in [0.4, 0.5) is 26.3 Å². The van der Waals surface area contributed by atoms with Crippen LogP contribution >= 0.6 is 0 Å². The molecule has 0 rings (SSSR count). The van der Waals surface area contributed by atoms with Crippen molar-refractivity contribution < 1.29 is 50.9 Å². The topological polar surface area (TPSA) is 86.7 Å². The average Bonchev–Trinajstić information content (AvgIpc) is 2.53. The fourth-order valence-corrected chi connectivity index (χ4v) is 81.0. The van der Waals surface area contributed by atoms with Crippen LogP contribution in [-0.4, -0.2) is 89.8 Å². The predicted molar refractivity (Wildman–Crippen MR) is 154 cm³/mol. The van der Waals surface area contributed by atoms with E-state index in [1.54, 1.807) is 0 Å². The summed E-state index contributed by atoms with van der Waals surface area (Å²) in [7, 11) is -23.0. The molecule has 0 bridgehead atoms. The molecule has 0 aromatic rings. The predicted octanol–water partition coefficient (Wildman–Crippen LogP) is 6.14. The Morgan fingerprint density at radius 3 is 0.730 bits per heavy atom. The fraction of sp³-hybridized carbons (Fsp3) is 1.00. The molecule has 4 radical (unpaired) electrons. The molecule has 0 aliphatic heterocycles. The molecular weight excluding hydrogens is 707 g/mol. The van der Waals surface area contributed by atoms with Gasteiger partial charge in [-0.05, 0) is 0 Å². The van der Waals surface area contributed by atoms with E-state index in [0.717, 1.165) is 0 Å². The maximum atomic E-state index is 12.3. The zero-order valence-corrected chi connectivity index (χ0v) is 33.8. The normalized spacial score (nSPS) is 14.6. The number of hydrogen-bond acceptors (Lipinski definition) is 6. The summed E-state index contributed by atoms with van der Waals surface area (Å²) in [5.74, 6) is 4.50. The molecule has 224 valence electrons. The van der Waals surface area contributed by atoms with Gasteiger partial charge < -0.3 is 7.74 Å². The molecule has 0 atom stereocenters. The van der Waals surface area contributed by atoms with Crippen LogP contribution in [0.3, 0.4) is 0 Å². The summed E-state index contributed by atoms with van der Waals surface area (Å²) < 4.78 is 127. The van der Waals surface area contributed by atoms with E-state index in [2.05, 4.69) is 19.3 Å². The summed E-state index contributed by atoms with van der Waals surface area (Å²) in [6, 6.07) is 0. The standard InChI is InChI=1S/2C7H18F3O3SSi3.C2H6Ge/c2*1-16(2,3)15(17(4,5)6)13-14(11,12)7(8,9)10;1-3-2/h2*1-6H3;1-2H3. The summed E-state index contributed by atoms with van der Waals surface area (Å²) in [5.41, 5.74) is -10.6. The molecule has 0 amide bonds. The molecule has 0 unspecified atom stereocenters. The molecule has 0 saturated heterocycles. The molecule has 21 heteroatoms. The van der Waals surface area contributed by atoms with E-state index < -0.39 is 77.8 Å². The Morgan fingerprint density at radius 2 is 0.649 bits per heavy atom. The Bertz CT molecular complexity index is 803. The quantitative estimate of drug-likeness (QED) is 0.169. The van der Waals surface area contributed by atoms with Crippen LogP contribution in [0.15, 0.2) is 0 Å². The first-order chi connectivity index (χ1) is 15.6. The Kier molecular flexibility index (Phi) is 16.6. The zero-order chi connectivity index (χ0) is 31.3. The Morgan fingerprint density at radius 1 is 0.514 bits per heavy atom. The van der Waals surface area contributed by atoms with Crippen molar-refractivity contribution in [2.24, 2.45) is 0 Å². The summed E-state index contributed by atoms with van der Waals surface area (Å²) in [4.78, 5) is 0. The van der Waals surface area contributed by atoms with Crippen LogP contribution < -0.4 is 0 Å². The molecule has 0 aromatic carbocycles. The van der Waals surface area contributed by atoms with Gasteiger partial charge in [0.15, 0.2) is 0 Å². The SMILES string of the molecule is C[Si](C)(C)[Si](OS(=O)(=O)C(F)(F)F)[Si](C)(C)C.C[Si](C)(C)[Si](OS(=O)(=O)C(F)(F)F)[Si](C)(C)C.[CH3][Ge][CH3]. The van der Waals surface area contributed by atoms with E-state index >= 15 is 0 Å². The van der Waals surface area contributed by atoms with Gasteiger partial charge in [-0.1, -0.05) is 78.6 Å². The van der Waals surface area contributed by atoms with Crippen molar-refractivity contribution >= 4 is 82.2 Å². The van der Waals surface area contributed by atoms with Gasteiger partial charge in [0.05, 0.1) is 30.4 Å². The van der Waals surface area contributed by atoms with Gasteiger partial charge in [-0.15, -0.1) is 0 Å². The monoisotopic (exact) mass is 750 g/mol. The Balaban J connectivity index is -0.000000564. The van der Waals surface area contributed by atoms with Gasteiger partial charge in [0.25, 0.3) is 0 Å². The van der Waals surface area contributed by atoms with E-state index in [1.165, 1.54) is 0 Å². The van der Waals surface area contributed by atoms with E-state index in [0.29, 0.717) is 15.4 Å². The molecule has 0 aliphatic rings. The molecule has 0 heterocycles. The second kappa shape index (κ2) is 14.4. The first-order valence-electron chi connectivity index (χ1n) is 11.0. The van der Waals surface area contributed by atoms with Gasteiger partial charge >= 0.3 is 58.2 Å². The zero-order valence-electron chi connectivity index (χ0n) is 24.0. The summed E-state index contributed by atoms with van der Waals surface area (Å²) >= 11 is 0.500. The molecular formula is C16H42F6GeO6S2Si6. The van der Waals surface area contributed by atoms with Crippen LogP contribution in [0.2, 0.25) is 90.1 Å². The first kappa shape index (κ1) is 42.7. The molecule has 6 nitrogen and oxygen atoms in total. The third-order valence-electron chi connectivity index (χ3n) is 3.68. The van der Waals surface area contributed by atoms with Crippen LogP contribution in [-0.2, 0) is 28.0 Å². The summed E-state index contributed by atoms with van der Waals surface area (Å²) in [6.45, 7) is 22.2. The van der Waals surface area contributed by atoms with Gasteiger partial charge in [-0.3, -0.25) is 0 Å². The van der Waals surface area contributed by atoms with Crippen molar-refractivity contribution in [2.75, 3.05) is 0 Å². The number of halogens is 6. The Labute approximate surface area is 233 Å². The van der Waals surface area contributed by atoms with Crippen molar-refractivity contribution in [1.29, 1.82) is 0 Å². The van der Waals surface area contributed by atoms with Crippen molar-refractivity contribution in [3.8, 4) is 0 Å². The number of hydrogen-bond donors (Lipinski definition) is 0. The third-order valence-corrected chi connectivity index (χ3v) is 59.7. The van der Waals surface area contributed by atoms with Crippen LogP contribution in [0.25, 0.3) is 0 Å². The van der Waals surface area contributed by atoms with E-state index in [1.807, 2.05) is 78.6 Å². The second-order valence-corrected chi connectivity index (χ2v) is 64.1. The van der Waals surface area contributed by atoms with E-state index in [9.17, 15) is 43.2 Å². The van der Waals surface area contributed by atoms with Crippen molar-refractivity contribution in [1.82, 2.24) is 0 Å². The molecule has 0 N–H and O–H groups in total. The van der Waals surface area contributed by atoms with Crippen molar-refractivity contribution in [2.45, 2.75) is 101 Å². The van der Waals surface area contributed by atoms with Gasteiger partial charge in [-0.2, -0.15) is 43.2 Å². The van der Waals surface area contributed by atoms with Crippen LogP contribution in [0.5, 0.6) is 0 Å². The minimum absolute atomic E-state index is 0.500. The van der Waals surface area contributed by atoms with Gasteiger partial charge in [-0.25, -0.2) is 0 Å². The molecule has 0 aliphatic carbocycles. The van der Waals surface area contributed by atoms with E-state index in [-0.39, 0.29) is 0 Å². The van der Waals surface area contributed by atoms with E-state index in [4.69, 9.17) is 0 Å². The number of rotatable bonds is 8. The molecule has 0 spiro atoms. The third kappa shape index (κ3) is 16.3. The fourth-order valence-electron chi connectivity index (χ4n) is 3.06. The molecule has 0 aromatic heterocycles. The summed E-state index contributed by atoms with van der Waals surface area (Å²) in [5, 5.41) is 0.